The number of thiophene rings is 1. The molecule has 0 saturated carbocycles. The number of carbonyl (C=O) groups excluding carboxylic acids is 1. The molecule has 0 unspecified atom stereocenters. The van der Waals surface area contributed by atoms with Crippen LogP contribution >= 0.6 is 11.3 Å². The van der Waals surface area contributed by atoms with Gasteiger partial charge in [-0.15, -0.1) is 16.4 Å². The highest BCUT2D eigenvalue weighted by Gasteiger charge is 2.15. The zero-order valence-corrected chi connectivity index (χ0v) is 22.8. The first kappa shape index (κ1) is 25.7. The number of nitrogens with one attached hydrogen (secondary N) is 1. The highest BCUT2D eigenvalue weighted by molar-refractivity contribution is 7.17. The van der Waals surface area contributed by atoms with Crippen molar-refractivity contribution in [3.8, 4) is 34.6 Å². The fourth-order valence-electron chi connectivity index (χ4n) is 4.39. The molecule has 3 N–H and O–H groups in total. The van der Waals surface area contributed by atoms with Crippen LogP contribution in [-0.4, -0.2) is 30.9 Å². The zero-order chi connectivity index (χ0) is 28.5. The third kappa shape index (κ3) is 5.19. The van der Waals surface area contributed by atoms with Gasteiger partial charge >= 0.3 is 0 Å². The maximum Gasteiger partial charge on any atom is 0.248 e. The summed E-state index contributed by atoms with van der Waals surface area (Å²) in [7, 11) is 0. The van der Waals surface area contributed by atoms with Crippen LogP contribution in [0.5, 0.6) is 11.6 Å². The monoisotopic (exact) mass is 558 g/mol. The molecule has 10 nitrogen and oxygen atoms in total. The van der Waals surface area contributed by atoms with E-state index in [1.165, 1.54) is 11.3 Å². The van der Waals surface area contributed by atoms with Crippen molar-refractivity contribution < 1.29 is 9.53 Å². The Kier molecular flexibility index (Phi) is 6.58. The molecule has 0 aliphatic rings. The molecule has 0 radical (unpaired) electrons. The molecule has 6 rings (SSSR count). The van der Waals surface area contributed by atoms with Crippen LogP contribution < -0.4 is 15.8 Å². The van der Waals surface area contributed by atoms with E-state index in [9.17, 15) is 10.1 Å². The van der Waals surface area contributed by atoms with Crippen LogP contribution in [0.15, 0.2) is 78.3 Å². The minimum atomic E-state index is -0.481. The number of hydrogen-bond acceptors (Lipinski definition) is 9. The second kappa shape index (κ2) is 10.5. The standard InChI is InChI=1S/C30H22N8O2S/c1-17-13-19(15-31)14-18(2)26(17)40-29-27-24(11-12-41-27)34-30(35-29)33-22-7-3-20(4-8-22)25-16-38(37-36-25)23-9-5-21(6-10-23)28(32)39/h3-14,16H,1-2H3,(H2,32,39)(H,33,34,35). The van der Waals surface area contributed by atoms with Crippen molar-refractivity contribution in [1.82, 2.24) is 25.0 Å². The number of amides is 1. The lowest BCUT2D eigenvalue weighted by molar-refractivity contribution is 0.100. The molecule has 3 heterocycles. The maximum atomic E-state index is 11.3. The van der Waals surface area contributed by atoms with Gasteiger partial charge in [-0.25, -0.2) is 9.67 Å². The number of aryl methyl sites for hydroxylation is 2. The van der Waals surface area contributed by atoms with Crippen molar-refractivity contribution in [3.05, 3.63) is 101 Å². The lowest BCUT2D eigenvalue weighted by Crippen LogP contribution is -2.10. The number of carbonyl (C=O) groups is 1. The predicted octanol–water partition coefficient (Wildman–Crippen LogP) is 6.06. The molecular formula is C30H22N8O2S. The Morgan fingerprint density at radius 3 is 2.44 bits per heavy atom. The Bertz CT molecular complexity index is 1930. The molecule has 0 bridgehead atoms. The topological polar surface area (TPSA) is 145 Å². The summed E-state index contributed by atoms with van der Waals surface area (Å²) in [5.41, 5.74) is 11.9. The van der Waals surface area contributed by atoms with E-state index in [1.54, 1.807) is 41.1 Å². The van der Waals surface area contributed by atoms with E-state index in [2.05, 4.69) is 31.7 Å². The average Bonchev–Trinajstić information content (AvgIpc) is 3.66. The van der Waals surface area contributed by atoms with E-state index in [0.29, 0.717) is 34.4 Å². The van der Waals surface area contributed by atoms with Gasteiger partial charge in [0.1, 0.15) is 16.1 Å². The van der Waals surface area contributed by atoms with Crippen LogP contribution in [0.1, 0.15) is 27.0 Å². The number of benzene rings is 3. The predicted molar refractivity (Wildman–Crippen MR) is 157 cm³/mol. The maximum absolute atomic E-state index is 11.3. The zero-order valence-electron chi connectivity index (χ0n) is 22.0. The molecule has 0 spiro atoms. The molecule has 200 valence electrons. The number of primary amides is 1. The van der Waals surface area contributed by atoms with Crippen LogP contribution in [-0.2, 0) is 0 Å². The third-order valence-corrected chi connectivity index (χ3v) is 7.30. The Hall–Kier alpha value is -5.60. The van der Waals surface area contributed by atoms with Gasteiger partial charge in [-0.3, -0.25) is 4.79 Å². The van der Waals surface area contributed by atoms with E-state index < -0.39 is 5.91 Å². The molecule has 0 saturated heterocycles. The van der Waals surface area contributed by atoms with E-state index >= 15 is 0 Å². The van der Waals surface area contributed by atoms with Crippen LogP contribution in [0.25, 0.3) is 27.2 Å². The molecule has 0 aliphatic heterocycles. The van der Waals surface area contributed by atoms with Gasteiger partial charge in [-0.05, 0) is 85.0 Å². The first-order valence-corrected chi connectivity index (χ1v) is 13.4. The molecule has 1 amide bonds. The highest BCUT2D eigenvalue weighted by Crippen LogP contribution is 2.36. The number of anilines is 2. The fourth-order valence-corrected chi connectivity index (χ4v) is 5.14. The van der Waals surface area contributed by atoms with Crippen LogP contribution in [0, 0.1) is 25.2 Å². The van der Waals surface area contributed by atoms with Gasteiger partial charge in [-0.1, -0.05) is 17.3 Å². The summed E-state index contributed by atoms with van der Waals surface area (Å²) in [6, 6.07) is 22.2. The van der Waals surface area contributed by atoms with Gasteiger partial charge in [-0.2, -0.15) is 10.2 Å². The first-order valence-electron chi connectivity index (χ1n) is 12.5. The van der Waals surface area contributed by atoms with Crippen LogP contribution in [0.2, 0.25) is 0 Å². The molecule has 11 heteroatoms. The molecule has 41 heavy (non-hydrogen) atoms. The van der Waals surface area contributed by atoms with E-state index in [0.717, 1.165) is 38.3 Å². The molecule has 3 aromatic heterocycles. The number of aromatic nitrogens is 5. The lowest BCUT2D eigenvalue weighted by atomic mass is 10.1. The molecular weight excluding hydrogens is 536 g/mol. The smallest absolute Gasteiger partial charge is 0.248 e. The van der Waals surface area contributed by atoms with Crippen molar-refractivity contribution in [2.45, 2.75) is 13.8 Å². The largest absolute Gasteiger partial charge is 0.437 e. The summed E-state index contributed by atoms with van der Waals surface area (Å²) in [6.07, 6.45) is 1.81. The number of nitrogens with zero attached hydrogens (tertiary/aromatic N) is 6. The summed E-state index contributed by atoms with van der Waals surface area (Å²) in [5, 5.41) is 23.0. The fraction of sp³-hybridized carbons (Fsp3) is 0.0667. The minimum absolute atomic E-state index is 0.396. The molecule has 3 aromatic carbocycles. The normalized spacial score (nSPS) is 10.9. The molecule has 0 aliphatic carbocycles. The number of nitrogens with two attached hydrogens (primary N) is 1. The highest BCUT2D eigenvalue weighted by atomic mass is 32.1. The average molecular weight is 559 g/mol. The quantitative estimate of drug-likeness (QED) is 0.240. The van der Waals surface area contributed by atoms with Gasteiger partial charge in [0, 0.05) is 16.8 Å². The molecule has 0 fully saturated rings. The van der Waals surface area contributed by atoms with Crippen molar-refractivity contribution in [1.29, 1.82) is 5.26 Å². The van der Waals surface area contributed by atoms with Crippen molar-refractivity contribution in [2.75, 3.05) is 5.32 Å². The number of ether oxygens (including phenoxy) is 1. The third-order valence-electron chi connectivity index (χ3n) is 6.41. The Balaban J connectivity index is 1.23. The summed E-state index contributed by atoms with van der Waals surface area (Å²) in [4.78, 5) is 20.6. The van der Waals surface area contributed by atoms with E-state index in [1.807, 2.05) is 55.8 Å². The van der Waals surface area contributed by atoms with Gasteiger partial charge in [0.25, 0.3) is 0 Å². The Labute approximate surface area is 238 Å². The molecule has 0 atom stereocenters. The molecule has 6 aromatic rings. The first-order chi connectivity index (χ1) is 19.9. The van der Waals surface area contributed by atoms with Gasteiger partial charge in [0.05, 0.1) is 29.0 Å². The SMILES string of the molecule is Cc1cc(C#N)cc(C)c1Oc1nc(Nc2ccc(-c3cn(-c4ccc(C(N)=O)cc4)nn3)cc2)nc2ccsc12. The summed E-state index contributed by atoms with van der Waals surface area (Å²) in [6.45, 7) is 3.82. The van der Waals surface area contributed by atoms with Crippen molar-refractivity contribution >= 4 is 39.1 Å². The number of nitriles is 1. The number of rotatable bonds is 7. The van der Waals surface area contributed by atoms with Gasteiger partial charge in [0.15, 0.2) is 0 Å². The lowest BCUT2D eigenvalue weighted by Gasteiger charge is -2.13. The van der Waals surface area contributed by atoms with E-state index in [-0.39, 0.29) is 0 Å². The Morgan fingerprint density at radius 2 is 1.76 bits per heavy atom. The second-order valence-electron chi connectivity index (χ2n) is 9.30. The summed E-state index contributed by atoms with van der Waals surface area (Å²) < 4.78 is 8.76. The number of hydrogen-bond donors (Lipinski definition) is 2. The Morgan fingerprint density at radius 1 is 1.02 bits per heavy atom. The van der Waals surface area contributed by atoms with Gasteiger partial charge in [0.2, 0.25) is 17.7 Å². The van der Waals surface area contributed by atoms with Gasteiger partial charge < -0.3 is 15.8 Å². The minimum Gasteiger partial charge on any atom is -0.437 e. The summed E-state index contributed by atoms with van der Waals surface area (Å²) >= 11 is 1.50. The second-order valence-corrected chi connectivity index (χ2v) is 10.2. The van der Waals surface area contributed by atoms with Crippen LogP contribution in [0.3, 0.4) is 0 Å². The summed E-state index contributed by atoms with van der Waals surface area (Å²) in [5.74, 6) is 1.03. The van der Waals surface area contributed by atoms with Crippen molar-refractivity contribution in [2.24, 2.45) is 5.73 Å². The van der Waals surface area contributed by atoms with Crippen LogP contribution in [0.4, 0.5) is 11.6 Å². The number of fused-ring (bicyclic) bond motifs is 1. The van der Waals surface area contributed by atoms with E-state index in [4.69, 9.17) is 10.5 Å². The van der Waals surface area contributed by atoms with Crippen molar-refractivity contribution in [3.63, 3.8) is 0 Å².